The molecule has 25 heavy (non-hydrogen) atoms. The quantitative estimate of drug-likeness (QED) is 0.536. The van der Waals surface area contributed by atoms with Crippen molar-refractivity contribution in [2.24, 2.45) is 7.05 Å². The Morgan fingerprint density at radius 2 is 1.92 bits per heavy atom. The molecule has 1 aromatic carbocycles. The van der Waals surface area contributed by atoms with Crippen molar-refractivity contribution in [3.8, 4) is 17.3 Å². The summed E-state index contributed by atoms with van der Waals surface area (Å²) in [5, 5.41) is 14.0. The number of ether oxygens (including phenoxy) is 1. The molecule has 6 nitrogen and oxygen atoms in total. The molecule has 132 valence electrons. The van der Waals surface area contributed by atoms with Gasteiger partial charge in [0.1, 0.15) is 5.56 Å². The highest BCUT2D eigenvalue weighted by atomic mass is 79.9. The second-order valence-electron chi connectivity index (χ2n) is 5.42. The second-order valence-corrected chi connectivity index (χ2v) is 7.28. The first-order valence-corrected chi connectivity index (χ1v) is 9.87. The van der Waals surface area contributed by atoms with Crippen LogP contribution in [-0.2, 0) is 19.3 Å². The number of rotatable bonds is 7. The van der Waals surface area contributed by atoms with Gasteiger partial charge < -0.3 is 9.30 Å². The van der Waals surface area contributed by atoms with E-state index < -0.39 is 0 Å². The van der Waals surface area contributed by atoms with Crippen molar-refractivity contribution in [2.45, 2.75) is 31.3 Å². The van der Waals surface area contributed by atoms with Gasteiger partial charge in [0.25, 0.3) is 0 Å². The molecule has 0 atom stereocenters. The van der Waals surface area contributed by atoms with E-state index >= 15 is 0 Å². The Morgan fingerprint density at radius 3 is 2.60 bits per heavy atom. The van der Waals surface area contributed by atoms with Gasteiger partial charge in [-0.1, -0.05) is 39.8 Å². The average Bonchev–Trinajstić information content (AvgIpc) is 3.18. The van der Waals surface area contributed by atoms with Crippen molar-refractivity contribution in [1.29, 1.82) is 0 Å². The lowest BCUT2D eigenvalue weighted by Crippen LogP contribution is -1.98. The third-order valence-corrected chi connectivity index (χ3v) is 5.31. The van der Waals surface area contributed by atoms with Crippen LogP contribution in [0.3, 0.4) is 0 Å². The van der Waals surface area contributed by atoms with Crippen molar-refractivity contribution >= 4 is 27.7 Å². The average molecular weight is 422 g/mol. The highest BCUT2D eigenvalue weighted by Crippen LogP contribution is 2.30. The van der Waals surface area contributed by atoms with Crippen molar-refractivity contribution in [2.75, 3.05) is 6.61 Å². The fraction of sp³-hybridized carbons (Fsp3) is 0.353. The number of aromatic nitrogens is 5. The smallest absolute Gasteiger partial charge is 0.243 e. The van der Waals surface area contributed by atoms with Crippen molar-refractivity contribution in [3.05, 3.63) is 40.5 Å². The van der Waals surface area contributed by atoms with E-state index in [0.29, 0.717) is 12.5 Å². The van der Waals surface area contributed by atoms with E-state index in [1.807, 2.05) is 48.5 Å². The Kier molecular flexibility index (Phi) is 5.80. The number of hydrogen-bond donors (Lipinski definition) is 0. The molecule has 0 amide bonds. The maximum Gasteiger partial charge on any atom is 0.243 e. The van der Waals surface area contributed by atoms with E-state index in [1.54, 1.807) is 11.8 Å². The van der Waals surface area contributed by atoms with Gasteiger partial charge >= 0.3 is 0 Å². The Morgan fingerprint density at radius 1 is 1.16 bits per heavy atom. The summed E-state index contributed by atoms with van der Waals surface area (Å²) in [7, 11) is 1.97. The first-order valence-electron chi connectivity index (χ1n) is 8.09. The van der Waals surface area contributed by atoms with Crippen LogP contribution in [-0.4, -0.2) is 31.2 Å². The fourth-order valence-electron chi connectivity index (χ4n) is 2.37. The molecule has 0 bridgehead atoms. The predicted molar refractivity (Wildman–Crippen MR) is 103 cm³/mol. The largest absolute Gasteiger partial charge is 0.476 e. The van der Waals surface area contributed by atoms with Gasteiger partial charge in [0.15, 0.2) is 11.0 Å². The third kappa shape index (κ3) is 4.07. The number of halogens is 1. The first-order chi connectivity index (χ1) is 12.1. The first kappa shape index (κ1) is 18.0. The summed E-state index contributed by atoms with van der Waals surface area (Å²) in [6.45, 7) is 5.34. The molecule has 0 fully saturated rings. The molecule has 3 rings (SSSR count). The molecule has 3 aromatic rings. The van der Waals surface area contributed by atoms with Crippen molar-refractivity contribution in [3.63, 3.8) is 0 Å². The maximum absolute atomic E-state index is 5.65. The van der Waals surface area contributed by atoms with E-state index in [2.05, 4.69) is 43.4 Å². The summed E-state index contributed by atoms with van der Waals surface area (Å²) in [6.07, 6.45) is 1.96. The zero-order chi connectivity index (χ0) is 17.8. The molecule has 0 aliphatic heterocycles. The molecule has 0 aliphatic carbocycles. The lowest BCUT2D eigenvalue weighted by Gasteiger charge is -2.05. The fourth-order valence-corrected chi connectivity index (χ4v) is 3.50. The summed E-state index contributed by atoms with van der Waals surface area (Å²) < 4.78 is 10.6. The van der Waals surface area contributed by atoms with Crippen LogP contribution >= 0.6 is 27.7 Å². The standard InChI is InChI=1S/C17H20BrN5OS/c1-4-23-10-14(16(21-23)24-5-2)15-19-20-17(22(15)3)25-11-12-6-8-13(18)9-7-12/h6-10H,4-5,11H2,1-3H3. The van der Waals surface area contributed by atoms with E-state index in [9.17, 15) is 0 Å². The minimum atomic E-state index is 0.566. The Hall–Kier alpha value is -1.80. The molecule has 2 heterocycles. The molecule has 0 saturated carbocycles. The zero-order valence-corrected chi connectivity index (χ0v) is 16.8. The summed E-state index contributed by atoms with van der Waals surface area (Å²) >= 11 is 5.12. The summed E-state index contributed by atoms with van der Waals surface area (Å²) in [4.78, 5) is 0. The van der Waals surface area contributed by atoms with E-state index in [-0.39, 0.29) is 0 Å². The number of benzene rings is 1. The van der Waals surface area contributed by atoms with E-state index in [0.717, 1.165) is 33.3 Å². The van der Waals surface area contributed by atoms with E-state index in [1.165, 1.54) is 5.56 Å². The normalized spacial score (nSPS) is 11.0. The highest BCUT2D eigenvalue weighted by molar-refractivity contribution is 9.10. The van der Waals surface area contributed by atoms with Gasteiger partial charge in [0.2, 0.25) is 5.88 Å². The van der Waals surface area contributed by atoms with Crippen LogP contribution in [0.5, 0.6) is 5.88 Å². The summed E-state index contributed by atoms with van der Waals surface area (Å²) in [6, 6.07) is 8.30. The molecule has 8 heteroatoms. The Balaban J connectivity index is 1.81. The van der Waals surface area contributed by atoms with Crippen LogP contribution in [0.25, 0.3) is 11.4 Å². The molecule has 0 radical (unpaired) electrons. The van der Waals surface area contributed by atoms with Gasteiger partial charge in [0, 0.05) is 30.0 Å². The molecular weight excluding hydrogens is 402 g/mol. The minimum Gasteiger partial charge on any atom is -0.476 e. The lowest BCUT2D eigenvalue weighted by atomic mass is 10.2. The maximum atomic E-state index is 5.65. The Labute approximate surface area is 159 Å². The number of aryl methyl sites for hydroxylation is 1. The van der Waals surface area contributed by atoms with Gasteiger partial charge in [-0.05, 0) is 31.5 Å². The van der Waals surface area contributed by atoms with Gasteiger partial charge in [-0.25, -0.2) is 0 Å². The van der Waals surface area contributed by atoms with Gasteiger partial charge in [-0.15, -0.1) is 15.3 Å². The molecule has 0 unspecified atom stereocenters. The van der Waals surface area contributed by atoms with Crippen LogP contribution in [0.4, 0.5) is 0 Å². The summed E-state index contributed by atoms with van der Waals surface area (Å²) in [5.74, 6) is 2.21. The van der Waals surface area contributed by atoms with Gasteiger partial charge in [-0.2, -0.15) is 0 Å². The van der Waals surface area contributed by atoms with Crippen molar-refractivity contribution < 1.29 is 4.74 Å². The molecule has 0 spiro atoms. The highest BCUT2D eigenvalue weighted by Gasteiger charge is 2.19. The molecule has 0 N–H and O–H groups in total. The topological polar surface area (TPSA) is 57.8 Å². The van der Waals surface area contributed by atoms with Crippen LogP contribution < -0.4 is 4.74 Å². The third-order valence-electron chi connectivity index (χ3n) is 3.69. The van der Waals surface area contributed by atoms with Gasteiger partial charge in [-0.3, -0.25) is 4.68 Å². The molecule has 0 saturated heterocycles. The Bertz CT molecular complexity index is 843. The molecular formula is C17H20BrN5OS. The van der Waals surface area contributed by atoms with Crippen LogP contribution in [0.15, 0.2) is 40.1 Å². The van der Waals surface area contributed by atoms with Crippen molar-refractivity contribution in [1.82, 2.24) is 24.5 Å². The minimum absolute atomic E-state index is 0.566. The summed E-state index contributed by atoms with van der Waals surface area (Å²) in [5.41, 5.74) is 2.11. The molecule has 0 aliphatic rings. The van der Waals surface area contributed by atoms with Crippen LogP contribution in [0.1, 0.15) is 19.4 Å². The SMILES string of the molecule is CCOc1nn(CC)cc1-c1nnc(SCc2ccc(Br)cc2)n1C. The van der Waals surface area contributed by atoms with Crippen LogP contribution in [0.2, 0.25) is 0 Å². The predicted octanol–water partition coefficient (Wildman–Crippen LogP) is 4.15. The zero-order valence-electron chi connectivity index (χ0n) is 14.4. The van der Waals surface area contributed by atoms with E-state index in [4.69, 9.17) is 4.74 Å². The second kappa shape index (κ2) is 8.05. The monoisotopic (exact) mass is 421 g/mol. The van der Waals surface area contributed by atoms with Crippen LogP contribution in [0, 0.1) is 0 Å². The number of hydrogen-bond acceptors (Lipinski definition) is 5. The lowest BCUT2D eigenvalue weighted by molar-refractivity contribution is 0.322. The molecule has 2 aromatic heterocycles. The number of thioether (sulfide) groups is 1. The number of nitrogens with zero attached hydrogens (tertiary/aromatic N) is 5. The van der Waals surface area contributed by atoms with Gasteiger partial charge in [0.05, 0.1) is 6.61 Å².